The lowest BCUT2D eigenvalue weighted by Crippen LogP contribution is -2.54. The Morgan fingerprint density at radius 1 is 1.53 bits per heavy atom. The number of hydrogen-bond donors (Lipinski definition) is 2. The van der Waals surface area contributed by atoms with Gasteiger partial charge < -0.3 is 15.8 Å². The van der Waals surface area contributed by atoms with Crippen molar-refractivity contribution in [3.63, 3.8) is 0 Å². The second-order valence-corrected chi connectivity index (χ2v) is 3.58. The second kappa shape index (κ2) is 4.36. The number of alkyl halides is 3. The van der Waals surface area contributed by atoms with Crippen molar-refractivity contribution in [1.82, 2.24) is 5.32 Å². The standard InChI is InChI=1S/C8H13F3N2O2/c9-8(10,11)1-3-13-6(14)7(12)2-4-15-5-7/h1-5,12H2,(H,13,14). The van der Waals surface area contributed by atoms with Gasteiger partial charge in [0.05, 0.1) is 13.0 Å². The normalized spacial score (nSPS) is 26.7. The van der Waals surface area contributed by atoms with Gasteiger partial charge in [-0.05, 0) is 6.42 Å². The molecule has 1 aliphatic heterocycles. The van der Waals surface area contributed by atoms with Crippen LogP contribution in [0.2, 0.25) is 0 Å². The summed E-state index contributed by atoms with van der Waals surface area (Å²) in [6, 6.07) is 0. The maximum Gasteiger partial charge on any atom is 0.390 e. The number of nitrogens with two attached hydrogens (primary N) is 1. The van der Waals surface area contributed by atoms with Crippen molar-refractivity contribution in [2.75, 3.05) is 19.8 Å². The van der Waals surface area contributed by atoms with E-state index in [0.717, 1.165) is 0 Å². The van der Waals surface area contributed by atoms with Gasteiger partial charge in [-0.1, -0.05) is 0 Å². The molecule has 1 fully saturated rings. The molecule has 1 atom stereocenters. The lowest BCUT2D eigenvalue weighted by molar-refractivity contribution is -0.137. The fraction of sp³-hybridized carbons (Fsp3) is 0.875. The molecule has 88 valence electrons. The number of ether oxygens (including phenoxy) is 1. The monoisotopic (exact) mass is 226 g/mol. The highest BCUT2D eigenvalue weighted by Crippen LogP contribution is 2.19. The average Bonchev–Trinajstić information content (AvgIpc) is 2.51. The number of rotatable bonds is 3. The molecule has 0 aliphatic carbocycles. The van der Waals surface area contributed by atoms with Crippen LogP contribution < -0.4 is 11.1 Å². The fourth-order valence-electron chi connectivity index (χ4n) is 1.25. The molecule has 1 unspecified atom stereocenters. The summed E-state index contributed by atoms with van der Waals surface area (Å²) in [4.78, 5) is 11.4. The molecule has 15 heavy (non-hydrogen) atoms. The number of amides is 1. The summed E-state index contributed by atoms with van der Waals surface area (Å²) in [5, 5.41) is 2.16. The van der Waals surface area contributed by atoms with Gasteiger partial charge >= 0.3 is 6.18 Å². The first-order valence-corrected chi connectivity index (χ1v) is 4.55. The maximum absolute atomic E-state index is 11.8. The Kier molecular flexibility index (Phi) is 3.56. The third-order valence-corrected chi connectivity index (χ3v) is 2.20. The van der Waals surface area contributed by atoms with Crippen molar-refractivity contribution < 1.29 is 22.7 Å². The van der Waals surface area contributed by atoms with E-state index in [1.807, 2.05) is 0 Å². The van der Waals surface area contributed by atoms with E-state index in [1.54, 1.807) is 0 Å². The lowest BCUT2D eigenvalue weighted by atomic mass is 9.99. The van der Waals surface area contributed by atoms with Crippen LogP contribution in [0.25, 0.3) is 0 Å². The van der Waals surface area contributed by atoms with E-state index in [2.05, 4.69) is 5.32 Å². The molecule has 0 saturated carbocycles. The van der Waals surface area contributed by atoms with Gasteiger partial charge in [0.25, 0.3) is 0 Å². The summed E-state index contributed by atoms with van der Waals surface area (Å²) in [6.45, 7) is -0.0185. The largest absolute Gasteiger partial charge is 0.390 e. The van der Waals surface area contributed by atoms with Crippen molar-refractivity contribution in [2.45, 2.75) is 24.6 Å². The number of hydrogen-bond acceptors (Lipinski definition) is 3. The van der Waals surface area contributed by atoms with Crippen molar-refractivity contribution >= 4 is 5.91 Å². The van der Waals surface area contributed by atoms with Crippen LogP contribution in [-0.2, 0) is 9.53 Å². The van der Waals surface area contributed by atoms with Gasteiger partial charge in [-0.3, -0.25) is 4.79 Å². The van der Waals surface area contributed by atoms with E-state index in [9.17, 15) is 18.0 Å². The van der Waals surface area contributed by atoms with E-state index in [-0.39, 0.29) is 6.61 Å². The zero-order valence-electron chi connectivity index (χ0n) is 8.06. The molecular weight excluding hydrogens is 213 g/mol. The zero-order chi connectivity index (χ0) is 11.5. The van der Waals surface area contributed by atoms with Crippen molar-refractivity contribution in [2.24, 2.45) is 5.73 Å². The number of carbonyl (C=O) groups is 1. The minimum absolute atomic E-state index is 0.0604. The minimum atomic E-state index is -4.26. The molecule has 7 heteroatoms. The van der Waals surface area contributed by atoms with E-state index < -0.39 is 30.6 Å². The van der Waals surface area contributed by atoms with Gasteiger partial charge in [0.15, 0.2) is 0 Å². The molecule has 4 nitrogen and oxygen atoms in total. The zero-order valence-corrected chi connectivity index (χ0v) is 8.06. The average molecular weight is 226 g/mol. The summed E-state index contributed by atoms with van der Waals surface area (Å²) in [5.74, 6) is -0.579. The first kappa shape index (κ1) is 12.3. The van der Waals surface area contributed by atoms with Gasteiger partial charge in [0.1, 0.15) is 5.54 Å². The van der Waals surface area contributed by atoms with Crippen molar-refractivity contribution in [3.8, 4) is 0 Å². The van der Waals surface area contributed by atoms with Gasteiger partial charge in [-0.15, -0.1) is 0 Å². The third kappa shape index (κ3) is 3.67. The molecule has 1 rings (SSSR count). The molecule has 0 aromatic rings. The van der Waals surface area contributed by atoms with Crippen LogP contribution in [0.5, 0.6) is 0 Å². The fourth-order valence-corrected chi connectivity index (χ4v) is 1.25. The SMILES string of the molecule is NC1(C(=O)NCCC(F)(F)F)CCOC1. The highest BCUT2D eigenvalue weighted by Gasteiger charge is 2.38. The molecular formula is C8H13F3N2O2. The molecule has 0 aromatic carbocycles. The van der Waals surface area contributed by atoms with Crippen LogP contribution in [0.1, 0.15) is 12.8 Å². The van der Waals surface area contributed by atoms with Gasteiger partial charge in [0, 0.05) is 13.2 Å². The van der Waals surface area contributed by atoms with Gasteiger partial charge in [-0.25, -0.2) is 0 Å². The highest BCUT2D eigenvalue weighted by atomic mass is 19.4. The summed E-state index contributed by atoms with van der Waals surface area (Å²) in [5.41, 5.74) is 4.47. The van der Waals surface area contributed by atoms with Crippen LogP contribution >= 0.6 is 0 Å². The molecule has 0 radical (unpaired) electrons. The molecule has 1 heterocycles. The van der Waals surface area contributed by atoms with Gasteiger partial charge in [-0.2, -0.15) is 13.2 Å². The summed E-state index contributed by atoms with van der Waals surface area (Å²) in [6.07, 6.45) is -4.97. The van der Waals surface area contributed by atoms with Crippen LogP contribution in [0.3, 0.4) is 0 Å². The Hall–Kier alpha value is -0.820. The maximum atomic E-state index is 11.8. The molecule has 0 bridgehead atoms. The first-order chi connectivity index (χ1) is 6.83. The van der Waals surface area contributed by atoms with Gasteiger partial charge in [0.2, 0.25) is 5.91 Å². The Morgan fingerprint density at radius 2 is 2.20 bits per heavy atom. The van der Waals surface area contributed by atoms with Crippen molar-refractivity contribution in [1.29, 1.82) is 0 Å². The Morgan fingerprint density at radius 3 is 2.67 bits per heavy atom. The second-order valence-electron chi connectivity index (χ2n) is 3.58. The third-order valence-electron chi connectivity index (χ3n) is 2.20. The Labute approximate surface area is 84.9 Å². The van der Waals surface area contributed by atoms with Crippen LogP contribution in [0.4, 0.5) is 13.2 Å². The smallest absolute Gasteiger partial charge is 0.379 e. The molecule has 0 aromatic heterocycles. The number of nitrogens with one attached hydrogen (secondary N) is 1. The Bertz CT molecular complexity index is 237. The van der Waals surface area contributed by atoms with Crippen LogP contribution in [0, 0.1) is 0 Å². The van der Waals surface area contributed by atoms with Crippen LogP contribution in [0.15, 0.2) is 0 Å². The molecule has 1 aliphatic rings. The molecule has 1 saturated heterocycles. The van der Waals surface area contributed by atoms with Crippen molar-refractivity contribution in [3.05, 3.63) is 0 Å². The summed E-state index contributed by atoms with van der Waals surface area (Å²) >= 11 is 0. The number of carbonyl (C=O) groups excluding carboxylic acids is 1. The molecule has 0 spiro atoms. The highest BCUT2D eigenvalue weighted by molar-refractivity contribution is 5.86. The molecule has 1 amide bonds. The summed E-state index contributed by atoms with van der Waals surface area (Å²) in [7, 11) is 0. The first-order valence-electron chi connectivity index (χ1n) is 4.55. The van der Waals surface area contributed by atoms with Crippen LogP contribution in [-0.4, -0.2) is 37.4 Å². The van der Waals surface area contributed by atoms with E-state index in [1.165, 1.54) is 0 Å². The molecule has 3 N–H and O–H groups in total. The quantitative estimate of drug-likeness (QED) is 0.721. The van der Waals surface area contributed by atoms with E-state index in [0.29, 0.717) is 13.0 Å². The van der Waals surface area contributed by atoms with E-state index >= 15 is 0 Å². The summed E-state index contributed by atoms with van der Waals surface area (Å²) < 4.78 is 40.2. The minimum Gasteiger partial charge on any atom is -0.379 e. The predicted molar refractivity (Wildman–Crippen MR) is 46.0 cm³/mol. The Balaban J connectivity index is 2.30. The number of halogens is 3. The lowest BCUT2D eigenvalue weighted by Gasteiger charge is -2.20. The topological polar surface area (TPSA) is 64.4 Å². The predicted octanol–water partition coefficient (Wildman–Crippen LogP) is 0.173. The van der Waals surface area contributed by atoms with E-state index in [4.69, 9.17) is 10.5 Å².